The predicted octanol–water partition coefficient (Wildman–Crippen LogP) is 3.84. The highest BCUT2D eigenvalue weighted by molar-refractivity contribution is 5.97. The second kappa shape index (κ2) is 5.38. The third-order valence-electron chi connectivity index (χ3n) is 3.54. The molecule has 1 aromatic rings. The summed E-state index contributed by atoms with van der Waals surface area (Å²) < 4.78 is 5.33. The molecule has 0 saturated heterocycles. The van der Waals surface area contributed by atoms with Gasteiger partial charge in [-0.05, 0) is 73.6 Å². The number of carbonyl (C=O) groups excluding carboxylic acids is 1. The van der Waals surface area contributed by atoms with Gasteiger partial charge in [-0.15, -0.1) is 0 Å². The van der Waals surface area contributed by atoms with Crippen molar-refractivity contribution in [3.8, 4) is 5.75 Å². The average molecular weight is 244 g/mol. The van der Waals surface area contributed by atoms with Crippen LogP contribution in [-0.2, 0) is 4.79 Å². The van der Waals surface area contributed by atoms with Gasteiger partial charge in [0.05, 0.1) is 7.11 Å². The highest BCUT2D eigenvalue weighted by Crippen LogP contribution is 2.31. The number of ketones is 1. The summed E-state index contributed by atoms with van der Waals surface area (Å²) >= 11 is 0. The van der Waals surface area contributed by atoms with E-state index in [1.54, 1.807) is 7.11 Å². The molecule has 0 spiro atoms. The van der Waals surface area contributed by atoms with Crippen molar-refractivity contribution < 1.29 is 9.53 Å². The summed E-state index contributed by atoms with van der Waals surface area (Å²) in [6.45, 7) is 4.12. The zero-order valence-electron chi connectivity index (χ0n) is 11.4. The molecule has 0 amide bonds. The molecule has 0 saturated carbocycles. The van der Waals surface area contributed by atoms with Crippen LogP contribution in [0.3, 0.4) is 0 Å². The van der Waals surface area contributed by atoms with Crippen LogP contribution in [0, 0.1) is 13.8 Å². The maximum atomic E-state index is 11.7. The number of hydrogen-bond donors (Lipinski definition) is 0. The quantitative estimate of drug-likeness (QED) is 0.790. The first kappa shape index (κ1) is 12.9. The summed E-state index contributed by atoms with van der Waals surface area (Å²) in [6.07, 6.45) is 5.63. The minimum Gasteiger partial charge on any atom is -0.496 e. The Morgan fingerprint density at radius 1 is 1.06 bits per heavy atom. The summed E-state index contributed by atoms with van der Waals surface area (Å²) in [7, 11) is 1.69. The van der Waals surface area contributed by atoms with Gasteiger partial charge in [0, 0.05) is 6.42 Å². The number of benzene rings is 1. The number of rotatable bonds is 2. The first-order chi connectivity index (χ1) is 8.61. The smallest absolute Gasteiger partial charge is 0.155 e. The Hall–Kier alpha value is -1.57. The average Bonchev–Trinajstić information content (AvgIpc) is 2.56. The first-order valence-corrected chi connectivity index (χ1v) is 6.51. The summed E-state index contributed by atoms with van der Waals surface area (Å²) in [6, 6.07) is 4.19. The van der Waals surface area contributed by atoms with Gasteiger partial charge in [-0.25, -0.2) is 0 Å². The second-order valence-electron chi connectivity index (χ2n) is 4.98. The Labute approximate surface area is 109 Å². The van der Waals surface area contributed by atoms with Gasteiger partial charge in [0.15, 0.2) is 5.78 Å². The van der Waals surface area contributed by atoms with Gasteiger partial charge in [0.2, 0.25) is 0 Å². The van der Waals surface area contributed by atoms with Gasteiger partial charge in [0.1, 0.15) is 5.75 Å². The van der Waals surface area contributed by atoms with Crippen LogP contribution in [0.5, 0.6) is 5.75 Å². The van der Waals surface area contributed by atoms with Gasteiger partial charge < -0.3 is 4.74 Å². The maximum Gasteiger partial charge on any atom is 0.155 e. The Balaban J connectivity index is 2.44. The number of hydrogen-bond acceptors (Lipinski definition) is 2. The number of ether oxygens (including phenoxy) is 1. The summed E-state index contributed by atoms with van der Waals surface area (Å²) in [4.78, 5) is 11.7. The van der Waals surface area contributed by atoms with Crippen molar-refractivity contribution >= 4 is 11.4 Å². The molecule has 1 aliphatic carbocycles. The van der Waals surface area contributed by atoms with Crippen molar-refractivity contribution in [3.63, 3.8) is 0 Å². The summed E-state index contributed by atoms with van der Waals surface area (Å²) in [5, 5.41) is 0. The van der Waals surface area contributed by atoms with E-state index in [1.807, 2.05) is 13.0 Å². The molecule has 0 heterocycles. The zero-order chi connectivity index (χ0) is 13.1. The number of allylic oxidation sites excluding steroid dienone is 2. The molecule has 18 heavy (non-hydrogen) atoms. The van der Waals surface area contributed by atoms with Gasteiger partial charge in [-0.1, -0.05) is 0 Å². The van der Waals surface area contributed by atoms with Gasteiger partial charge >= 0.3 is 0 Å². The van der Waals surface area contributed by atoms with E-state index >= 15 is 0 Å². The molecule has 1 aromatic carbocycles. The molecular weight excluding hydrogens is 224 g/mol. The van der Waals surface area contributed by atoms with Crippen LogP contribution in [0.2, 0.25) is 0 Å². The highest BCUT2D eigenvalue weighted by Gasteiger charge is 2.13. The molecule has 0 fully saturated rings. The fraction of sp³-hybridized carbons (Fsp3) is 0.438. The molecule has 0 aromatic heterocycles. The fourth-order valence-corrected chi connectivity index (χ4v) is 2.52. The minimum atomic E-state index is 0.260. The van der Waals surface area contributed by atoms with Crippen LogP contribution in [0.25, 0.3) is 5.57 Å². The van der Waals surface area contributed by atoms with Crippen molar-refractivity contribution in [2.24, 2.45) is 0 Å². The molecule has 0 bridgehead atoms. The van der Waals surface area contributed by atoms with Crippen LogP contribution in [0.4, 0.5) is 0 Å². The third-order valence-corrected chi connectivity index (χ3v) is 3.54. The second-order valence-corrected chi connectivity index (χ2v) is 4.98. The van der Waals surface area contributed by atoms with E-state index in [4.69, 9.17) is 4.74 Å². The van der Waals surface area contributed by atoms with Crippen LogP contribution >= 0.6 is 0 Å². The third kappa shape index (κ3) is 2.63. The van der Waals surface area contributed by atoms with E-state index in [0.29, 0.717) is 6.42 Å². The maximum absolute atomic E-state index is 11.7. The largest absolute Gasteiger partial charge is 0.496 e. The van der Waals surface area contributed by atoms with Crippen LogP contribution in [-0.4, -0.2) is 12.9 Å². The number of methoxy groups -OCH3 is 1. The molecule has 1 aliphatic rings. The molecule has 0 unspecified atom stereocenters. The van der Waals surface area contributed by atoms with Crippen LogP contribution in [0.1, 0.15) is 42.4 Å². The number of aryl methyl sites for hydroxylation is 2. The summed E-state index contributed by atoms with van der Waals surface area (Å²) in [5.74, 6) is 1.17. The van der Waals surface area contributed by atoms with Crippen LogP contribution in [0.15, 0.2) is 18.2 Å². The highest BCUT2D eigenvalue weighted by atomic mass is 16.5. The van der Waals surface area contributed by atoms with Crippen molar-refractivity contribution in [3.05, 3.63) is 34.9 Å². The van der Waals surface area contributed by atoms with Crippen molar-refractivity contribution in [2.75, 3.05) is 7.11 Å². The lowest BCUT2D eigenvalue weighted by molar-refractivity contribution is -0.114. The first-order valence-electron chi connectivity index (χ1n) is 6.51. The molecule has 0 atom stereocenters. The fourth-order valence-electron chi connectivity index (χ4n) is 2.52. The Bertz CT molecular complexity index is 498. The van der Waals surface area contributed by atoms with E-state index in [0.717, 1.165) is 30.6 Å². The van der Waals surface area contributed by atoms with Gasteiger partial charge in [0.25, 0.3) is 0 Å². The SMILES string of the molecule is COc1cc(C)c(C2=CC(=O)CCCC2)cc1C. The molecule has 0 radical (unpaired) electrons. The van der Waals surface area contributed by atoms with E-state index in [-0.39, 0.29) is 5.78 Å². The molecule has 0 N–H and O–H groups in total. The lowest BCUT2D eigenvalue weighted by Gasteiger charge is -2.13. The summed E-state index contributed by atoms with van der Waals surface area (Å²) in [5.41, 5.74) is 4.68. The van der Waals surface area contributed by atoms with E-state index in [1.165, 1.54) is 16.7 Å². The lowest BCUT2D eigenvalue weighted by atomic mass is 9.94. The predicted molar refractivity (Wildman–Crippen MR) is 73.9 cm³/mol. The Morgan fingerprint density at radius 2 is 1.78 bits per heavy atom. The molecule has 2 rings (SSSR count). The standard InChI is InChI=1S/C16H20O2/c1-11-9-16(18-3)12(2)8-15(11)13-6-4-5-7-14(17)10-13/h8-10H,4-7H2,1-3H3. The van der Waals surface area contributed by atoms with Gasteiger partial charge in [-0.2, -0.15) is 0 Å². The van der Waals surface area contributed by atoms with Gasteiger partial charge in [-0.3, -0.25) is 4.79 Å². The minimum absolute atomic E-state index is 0.260. The van der Waals surface area contributed by atoms with Crippen LogP contribution < -0.4 is 4.74 Å². The number of carbonyl (C=O) groups is 1. The molecule has 0 aliphatic heterocycles. The normalized spacial score (nSPS) is 16.2. The topological polar surface area (TPSA) is 26.3 Å². The van der Waals surface area contributed by atoms with Crippen molar-refractivity contribution in [2.45, 2.75) is 39.5 Å². The Morgan fingerprint density at radius 3 is 2.50 bits per heavy atom. The molecule has 2 heteroatoms. The van der Waals surface area contributed by atoms with E-state index < -0.39 is 0 Å². The lowest BCUT2D eigenvalue weighted by Crippen LogP contribution is -1.96. The van der Waals surface area contributed by atoms with Crippen molar-refractivity contribution in [1.82, 2.24) is 0 Å². The van der Waals surface area contributed by atoms with E-state index in [2.05, 4.69) is 19.1 Å². The molecule has 2 nitrogen and oxygen atoms in total. The Kier molecular flexibility index (Phi) is 3.85. The molecular formula is C16H20O2. The zero-order valence-corrected chi connectivity index (χ0v) is 11.4. The molecule has 96 valence electrons. The van der Waals surface area contributed by atoms with E-state index in [9.17, 15) is 4.79 Å². The monoisotopic (exact) mass is 244 g/mol. The van der Waals surface area contributed by atoms with Crippen molar-refractivity contribution in [1.29, 1.82) is 0 Å².